The maximum atomic E-state index is 9.50. The molecular formula is C52H34N4. The third kappa shape index (κ3) is 7.01. The zero-order valence-corrected chi connectivity index (χ0v) is 30.4. The van der Waals surface area contributed by atoms with Gasteiger partial charge in [-0.25, -0.2) is 15.0 Å². The highest BCUT2D eigenvalue weighted by atomic mass is 15.0. The summed E-state index contributed by atoms with van der Waals surface area (Å²) in [6.45, 7) is 0. The Balaban J connectivity index is 1.16. The third-order valence-corrected chi connectivity index (χ3v) is 9.96. The lowest BCUT2D eigenvalue weighted by molar-refractivity contribution is 1.07. The first-order valence-corrected chi connectivity index (χ1v) is 18.6. The van der Waals surface area contributed by atoms with Gasteiger partial charge in [-0.3, -0.25) is 0 Å². The summed E-state index contributed by atoms with van der Waals surface area (Å²) in [5, 5.41) is 9.50. The van der Waals surface area contributed by atoms with Crippen LogP contribution in [0, 0.1) is 11.3 Å². The van der Waals surface area contributed by atoms with E-state index in [4.69, 9.17) is 15.0 Å². The van der Waals surface area contributed by atoms with Gasteiger partial charge in [-0.15, -0.1) is 0 Å². The van der Waals surface area contributed by atoms with Crippen LogP contribution in [0.15, 0.2) is 206 Å². The maximum absolute atomic E-state index is 9.50. The number of aromatic nitrogens is 3. The number of hydrogen-bond donors (Lipinski definition) is 0. The second kappa shape index (κ2) is 15.3. The molecule has 0 radical (unpaired) electrons. The summed E-state index contributed by atoms with van der Waals surface area (Å²) in [6.07, 6.45) is 0. The highest BCUT2D eigenvalue weighted by Gasteiger charge is 2.18. The molecule has 4 nitrogen and oxygen atoms in total. The fourth-order valence-corrected chi connectivity index (χ4v) is 7.18. The molecule has 1 heterocycles. The molecule has 0 N–H and O–H groups in total. The van der Waals surface area contributed by atoms with Crippen molar-refractivity contribution in [3.8, 4) is 95.9 Å². The monoisotopic (exact) mass is 714 g/mol. The fourth-order valence-electron chi connectivity index (χ4n) is 7.18. The van der Waals surface area contributed by atoms with Crippen molar-refractivity contribution in [2.75, 3.05) is 0 Å². The minimum absolute atomic E-state index is 0.577. The first-order chi connectivity index (χ1) is 27.7. The van der Waals surface area contributed by atoms with Crippen LogP contribution in [-0.4, -0.2) is 15.0 Å². The molecule has 0 atom stereocenters. The van der Waals surface area contributed by atoms with Crippen LogP contribution in [0.5, 0.6) is 0 Å². The molecule has 0 bridgehead atoms. The molecule has 56 heavy (non-hydrogen) atoms. The fraction of sp³-hybridized carbons (Fsp3) is 0. The van der Waals surface area contributed by atoms with Gasteiger partial charge in [-0.05, 0) is 86.0 Å². The first kappa shape index (κ1) is 34.1. The molecule has 0 amide bonds. The summed E-state index contributed by atoms with van der Waals surface area (Å²) in [5.74, 6) is 1.77. The molecule has 0 spiro atoms. The lowest BCUT2D eigenvalue weighted by Gasteiger charge is -2.19. The van der Waals surface area contributed by atoms with E-state index in [0.717, 1.165) is 50.1 Å². The van der Waals surface area contributed by atoms with Gasteiger partial charge in [0.2, 0.25) is 0 Å². The van der Waals surface area contributed by atoms with Crippen LogP contribution in [0.4, 0.5) is 0 Å². The normalized spacial score (nSPS) is 10.8. The molecule has 0 fully saturated rings. The van der Waals surface area contributed by atoms with E-state index in [1.165, 1.54) is 22.3 Å². The predicted octanol–water partition coefficient (Wildman–Crippen LogP) is 13.1. The summed E-state index contributed by atoms with van der Waals surface area (Å²) < 4.78 is 0. The molecule has 1 aromatic heterocycles. The van der Waals surface area contributed by atoms with Gasteiger partial charge >= 0.3 is 0 Å². The molecule has 0 aliphatic heterocycles. The van der Waals surface area contributed by atoms with Crippen molar-refractivity contribution in [3.05, 3.63) is 212 Å². The first-order valence-electron chi connectivity index (χ1n) is 18.6. The smallest absolute Gasteiger partial charge is 0.164 e. The highest BCUT2D eigenvalue weighted by molar-refractivity contribution is 5.97. The van der Waals surface area contributed by atoms with Crippen LogP contribution in [0.2, 0.25) is 0 Å². The zero-order chi connectivity index (χ0) is 37.7. The molecule has 0 aliphatic carbocycles. The second-order valence-electron chi connectivity index (χ2n) is 13.6. The number of nitrogens with zero attached hydrogens (tertiary/aromatic N) is 4. The molecule has 0 saturated carbocycles. The molecule has 262 valence electrons. The molecule has 0 unspecified atom stereocenters. The van der Waals surface area contributed by atoms with Crippen LogP contribution >= 0.6 is 0 Å². The largest absolute Gasteiger partial charge is 0.208 e. The van der Waals surface area contributed by atoms with Crippen molar-refractivity contribution in [2.24, 2.45) is 0 Å². The second-order valence-corrected chi connectivity index (χ2v) is 13.6. The van der Waals surface area contributed by atoms with E-state index in [9.17, 15) is 5.26 Å². The van der Waals surface area contributed by atoms with Crippen LogP contribution in [0.3, 0.4) is 0 Å². The number of rotatable bonds is 8. The lowest BCUT2D eigenvalue weighted by Crippen LogP contribution is -2.00. The van der Waals surface area contributed by atoms with E-state index < -0.39 is 0 Å². The minimum Gasteiger partial charge on any atom is -0.208 e. The Bertz CT molecular complexity index is 2770. The summed E-state index contributed by atoms with van der Waals surface area (Å²) in [7, 11) is 0. The van der Waals surface area contributed by atoms with Crippen LogP contribution in [0.1, 0.15) is 5.56 Å². The Morgan fingerprint density at radius 1 is 0.286 bits per heavy atom. The van der Waals surface area contributed by atoms with Gasteiger partial charge < -0.3 is 0 Å². The van der Waals surface area contributed by atoms with Crippen molar-refractivity contribution < 1.29 is 0 Å². The maximum Gasteiger partial charge on any atom is 0.164 e. The Labute approximate surface area is 326 Å². The van der Waals surface area contributed by atoms with Crippen LogP contribution < -0.4 is 0 Å². The molecule has 0 aliphatic rings. The standard InChI is InChI=1S/C52H34N4/c53-35-36-15-13-24-43(31-36)44-25-14-26-45(32-44)52-55-50(41-22-11-4-12-23-41)54-51(56-52)42-29-27-37(28-30-42)46-33-47(38-16-5-1-6-17-38)49(40-20-9-3-10-21-40)48(34-46)39-18-7-2-8-19-39/h1-34H. The van der Waals surface area contributed by atoms with E-state index >= 15 is 0 Å². The summed E-state index contributed by atoms with van der Waals surface area (Å²) >= 11 is 0. The van der Waals surface area contributed by atoms with E-state index in [1.54, 1.807) is 0 Å². The average molecular weight is 715 g/mol. The van der Waals surface area contributed by atoms with Crippen molar-refractivity contribution in [1.29, 1.82) is 5.26 Å². The Hall–Kier alpha value is -7.74. The van der Waals surface area contributed by atoms with E-state index in [-0.39, 0.29) is 0 Å². The number of hydrogen-bond acceptors (Lipinski definition) is 4. The number of benzene rings is 8. The van der Waals surface area contributed by atoms with Gasteiger partial charge in [0.25, 0.3) is 0 Å². The van der Waals surface area contributed by atoms with Crippen LogP contribution in [0.25, 0.3) is 89.8 Å². The molecule has 9 rings (SSSR count). The highest BCUT2D eigenvalue weighted by Crippen LogP contribution is 2.43. The van der Waals surface area contributed by atoms with Crippen molar-refractivity contribution in [3.63, 3.8) is 0 Å². The molecule has 9 aromatic rings. The minimum atomic E-state index is 0.577. The summed E-state index contributed by atoms with van der Waals surface area (Å²) in [5.41, 5.74) is 14.5. The SMILES string of the molecule is N#Cc1cccc(-c2cccc(-c3nc(-c4ccccc4)nc(-c4ccc(-c5cc(-c6ccccc6)c(-c6ccccc6)c(-c6ccccc6)c5)cc4)n3)c2)c1. The van der Waals surface area contributed by atoms with Gasteiger partial charge in [0.15, 0.2) is 17.5 Å². The van der Waals surface area contributed by atoms with Crippen molar-refractivity contribution in [2.45, 2.75) is 0 Å². The predicted molar refractivity (Wildman–Crippen MR) is 228 cm³/mol. The molecular weight excluding hydrogens is 681 g/mol. The van der Waals surface area contributed by atoms with Crippen molar-refractivity contribution in [1.82, 2.24) is 15.0 Å². The average Bonchev–Trinajstić information content (AvgIpc) is 3.29. The van der Waals surface area contributed by atoms with Gasteiger partial charge in [0, 0.05) is 16.7 Å². The van der Waals surface area contributed by atoms with Gasteiger partial charge in [0.05, 0.1) is 11.6 Å². The third-order valence-electron chi connectivity index (χ3n) is 9.96. The Morgan fingerprint density at radius 3 is 1.21 bits per heavy atom. The lowest BCUT2D eigenvalue weighted by atomic mass is 9.84. The molecule has 8 aromatic carbocycles. The van der Waals surface area contributed by atoms with Crippen LogP contribution in [-0.2, 0) is 0 Å². The van der Waals surface area contributed by atoms with Crippen molar-refractivity contribution >= 4 is 0 Å². The molecule has 4 heteroatoms. The summed E-state index contributed by atoms with van der Waals surface area (Å²) in [6, 6.07) is 73.1. The van der Waals surface area contributed by atoms with Gasteiger partial charge in [-0.1, -0.05) is 176 Å². The van der Waals surface area contributed by atoms with E-state index in [2.05, 4.69) is 140 Å². The Morgan fingerprint density at radius 2 is 0.679 bits per heavy atom. The van der Waals surface area contributed by atoms with E-state index in [1.807, 2.05) is 72.8 Å². The quantitative estimate of drug-likeness (QED) is 0.157. The van der Waals surface area contributed by atoms with E-state index in [0.29, 0.717) is 23.0 Å². The van der Waals surface area contributed by atoms with Gasteiger partial charge in [-0.2, -0.15) is 5.26 Å². The zero-order valence-electron chi connectivity index (χ0n) is 30.4. The topological polar surface area (TPSA) is 62.5 Å². The number of nitriles is 1. The summed E-state index contributed by atoms with van der Waals surface area (Å²) in [4.78, 5) is 15.0. The van der Waals surface area contributed by atoms with Gasteiger partial charge in [0.1, 0.15) is 0 Å². The Kier molecular flexibility index (Phi) is 9.31. The molecule has 0 saturated heterocycles.